The maximum atomic E-state index is 5.10. The Labute approximate surface area is 60.6 Å². The van der Waals surface area contributed by atoms with Crippen molar-refractivity contribution in [2.45, 2.75) is 12.5 Å². The van der Waals surface area contributed by atoms with Crippen LogP contribution >= 0.6 is 0 Å². The summed E-state index contributed by atoms with van der Waals surface area (Å²) in [6, 6.07) is 11.0. The van der Waals surface area contributed by atoms with E-state index in [1.807, 2.05) is 12.1 Å². The first-order chi connectivity index (χ1) is 4.95. The number of ether oxygens (including phenoxy) is 1. The second-order valence-electron chi connectivity index (χ2n) is 2.57. The highest BCUT2D eigenvalue weighted by Gasteiger charge is 2.21. The van der Waals surface area contributed by atoms with Gasteiger partial charge < -0.3 is 4.74 Å². The summed E-state index contributed by atoms with van der Waals surface area (Å²) in [7, 11) is 0. The van der Waals surface area contributed by atoms with Gasteiger partial charge in [-0.3, -0.25) is 0 Å². The molecule has 10 heavy (non-hydrogen) atoms. The van der Waals surface area contributed by atoms with E-state index in [9.17, 15) is 0 Å². The molecule has 1 aromatic rings. The molecule has 0 aliphatic carbocycles. The normalized spacial score (nSPS) is 22.6. The van der Waals surface area contributed by atoms with Crippen LogP contribution in [0.5, 0.6) is 0 Å². The molecule has 0 amide bonds. The fraction of sp³-hybridized carbons (Fsp3) is 0.333. The van der Waals surface area contributed by atoms with Crippen LogP contribution in [0.4, 0.5) is 0 Å². The van der Waals surface area contributed by atoms with Gasteiger partial charge in [0.25, 0.3) is 0 Å². The van der Waals surface area contributed by atoms with Crippen LogP contribution in [-0.2, 0) is 11.2 Å². The number of rotatable bonds is 2. The molecular weight excluding hydrogens is 124 g/mol. The Kier molecular flexibility index (Phi) is 1.44. The second-order valence-corrected chi connectivity index (χ2v) is 2.57. The third-order valence-corrected chi connectivity index (χ3v) is 1.65. The van der Waals surface area contributed by atoms with Gasteiger partial charge in [-0.05, 0) is 11.6 Å². The van der Waals surface area contributed by atoms with Crippen LogP contribution in [0.2, 0.25) is 0 Å². The Morgan fingerprint density at radius 1 is 1.50 bits per heavy atom. The molecule has 0 N–H and O–H groups in total. The van der Waals surface area contributed by atoms with Gasteiger partial charge >= 0.3 is 0 Å². The first-order valence-corrected chi connectivity index (χ1v) is 3.52. The number of hydrogen-bond acceptors (Lipinski definition) is 1. The summed E-state index contributed by atoms with van der Waals surface area (Å²) < 4.78 is 5.10. The molecule has 1 saturated heterocycles. The maximum Gasteiger partial charge on any atom is 0.0850 e. The van der Waals surface area contributed by atoms with Crippen LogP contribution < -0.4 is 0 Å². The van der Waals surface area contributed by atoms with E-state index in [2.05, 4.69) is 18.2 Å². The van der Waals surface area contributed by atoms with Gasteiger partial charge in [-0.2, -0.15) is 0 Å². The average Bonchev–Trinajstić information content (AvgIpc) is 2.74. The topological polar surface area (TPSA) is 12.5 Å². The molecule has 1 unspecified atom stereocenters. The molecule has 0 bridgehead atoms. The van der Waals surface area contributed by atoms with Crippen LogP contribution in [0.1, 0.15) is 5.56 Å². The molecule has 1 heteroatoms. The summed E-state index contributed by atoms with van der Waals surface area (Å²) in [5.41, 5.74) is 1.35. The van der Waals surface area contributed by atoms with Crippen LogP contribution in [0, 0.1) is 6.07 Å². The van der Waals surface area contributed by atoms with Gasteiger partial charge in [-0.25, -0.2) is 0 Å². The van der Waals surface area contributed by atoms with Gasteiger partial charge in [0.2, 0.25) is 0 Å². The molecule has 1 atom stereocenters. The molecular formula is C9H9O. The molecule has 51 valence electrons. The molecule has 2 rings (SSSR count). The summed E-state index contributed by atoms with van der Waals surface area (Å²) in [4.78, 5) is 0. The van der Waals surface area contributed by atoms with Gasteiger partial charge in [-0.1, -0.05) is 24.3 Å². The van der Waals surface area contributed by atoms with Gasteiger partial charge in [0.15, 0.2) is 0 Å². The largest absolute Gasteiger partial charge is 0.373 e. The van der Waals surface area contributed by atoms with Crippen LogP contribution in [0.25, 0.3) is 0 Å². The van der Waals surface area contributed by atoms with E-state index in [1.165, 1.54) is 5.56 Å². The van der Waals surface area contributed by atoms with Crippen molar-refractivity contribution in [3.05, 3.63) is 35.9 Å². The lowest BCUT2D eigenvalue weighted by atomic mass is 10.1. The highest BCUT2D eigenvalue weighted by Crippen LogP contribution is 2.15. The van der Waals surface area contributed by atoms with Crippen molar-refractivity contribution >= 4 is 0 Å². The summed E-state index contributed by atoms with van der Waals surface area (Å²) in [5, 5.41) is 0. The molecule has 0 aromatic heterocycles. The highest BCUT2D eigenvalue weighted by molar-refractivity contribution is 5.15. The van der Waals surface area contributed by atoms with E-state index in [0.717, 1.165) is 13.0 Å². The Bertz CT molecular complexity index is 201. The zero-order chi connectivity index (χ0) is 6.81. The molecule has 1 nitrogen and oxygen atoms in total. The minimum atomic E-state index is 0.502. The van der Waals surface area contributed by atoms with Crippen molar-refractivity contribution in [3.63, 3.8) is 0 Å². The predicted molar refractivity (Wildman–Crippen MR) is 38.7 cm³/mol. The van der Waals surface area contributed by atoms with Gasteiger partial charge in [-0.15, -0.1) is 0 Å². The summed E-state index contributed by atoms with van der Waals surface area (Å²) >= 11 is 0. The monoisotopic (exact) mass is 133 g/mol. The van der Waals surface area contributed by atoms with Crippen LogP contribution in [0.3, 0.4) is 0 Å². The molecule has 1 aromatic carbocycles. The standard InChI is InChI=1S/C9H9O/c1-2-4-8(5-3-1)6-9-7-10-9/h2-5,9H,6-7H2. The average molecular weight is 133 g/mol. The number of epoxide rings is 1. The zero-order valence-electron chi connectivity index (χ0n) is 5.71. The Morgan fingerprint density at radius 2 is 2.20 bits per heavy atom. The molecule has 1 fully saturated rings. The predicted octanol–water partition coefficient (Wildman–Crippen LogP) is 1.43. The Morgan fingerprint density at radius 3 is 2.80 bits per heavy atom. The van der Waals surface area contributed by atoms with Gasteiger partial charge in [0.1, 0.15) is 0 Å². The fourth-order valence-electron chi connectivity index (χ4n) is 1.01. The molecule has 1 heterocycles. The van der Waals surface area contributed by atoms with Crippen molar-refractivity contribution in [1.29, 1.82) is 0 Å². The number of hydrogen-bond donors (Lipinski definition) is 0. The minimum absolute atomic E-state index is 0.502. The van der Waals surface area contributed by atoms with Crippen molar-refractivity contribution in [3.8, 4) is 0 Å². The van der Waals surface area contributed by atoms with Crippen molar-refractivity contribution in [1.82, 2.24) is 0 Å². The third kappa shape index (κ3) is 1.36. The lowest BCUT2D eigenvalue weighted by Gasteiger charge is -1.93. The molecule has 1 aliphatic rings. The lowest BCUT2D eigenvalue weighted by molar-refractivity contribution is 0.407. The summed E-state index contributed by atoms with van der Waals surface area (Å²) in [5.74, 6) is 0. The molecule has 1 aliphatic heterocycles. The van der Waals surface area contributed by atoms with Crippen LogP contribution in [-0.4, -0.2) is 12.7 Å². The lowest BCUT2D eigenvalue weighted by Crippen LogP contribution is -1.91. The van der Waals surface area contributed by atoms with E-state index in [1.54, 1.807) is 0 Å². The first-order valence-electron chi connectivity index (χ1n) is 3.52. The van der Waals surface area contributed by atoms with Crippen molar-refractivity contribution < 1.29 is 4.74 Å². The van der Waals surface area contributed by atoms with E-state index in [0.29, 0.717) is 6.10 Å². The fourth-order valence-corrected chi connectivity index (χ4v) is 1.01. The third-order valence-electron chi connectivity index (χ3n) is 1.65. The summed E-state index contributed by atoms with van der Waals surface area (Å²) in [6.45, 7) is 0.943. The van der Waals surface area contributed by atoms with E-state index < -0.39 is 0 Å². The molecule has 0 spiro atoms. The maximum absolute atomic E-state index is 5.10. The molecule has 1 radical (unpaired) electrons. The van der Waals surface area contributed by atoms with E-state index >= 15 is 0 Å². The number of benzene rings is 1. The minimum Gasteiger partial charge on any atom is -0.373 e. The quantitative estimate of drug-likeness (QED) is 0.556. The van der Waals surface area contributed by atoms with Crippen LogP contribution in [0.15, 0.2) is 24.3 Å². The van der Waals surface area contributed by atoms with Crippen molar-refractivity contribution in [2.24, 2.45) is 0 Å². The Hall–Kier alpha value is -0.820. The van der Waals surface area contributed by atoms with E-state index in [4.69, 9.17) is 4.74 Å². The highest BCUT2D eigenvalue weighted by atomic mass is 16.6. The smallest absolute Gasteiger partial charge is 0.0850 e. The van der Waals surface area contributed by atoms with E-state index in [-0.39, 0.29) is 0 Å². The second kappa shape index (κ2) is 2.43. The zero-order valence-corrected chi connectivity index (χ0v) is 5.71. The molecule has 0 saturated carbocycles. The summed E-state index contributed by atoms with van der Waals surface area (Å²) in [6.07, 6.45) is 1.57. The Balaban J connectivity index is 2.03. The van der Waals surface area contributed by atoms with Crippen molar-refractivity contribution in [2.75, 3.05) is 6.61 Å². The SMILES string of the molecule is [c]1ccc(CC2CO2)cc1. The van der Waals surface area contributed by atoms with Gasteiger partial charge in [0.05, 0.1) is 12.7 Å². The van der Waals surface area contributed by atoms with Gasteiger partial charge in [0, 0.05) is 6.42 Å². The first kappa shape index (κ1) is 5.93.